The Hall–Kier alpha value is -2.38. The van der Waals surface area contributed by atoms with E-state index >= 15 is 0 Å². The number of halogens is 1. The lowest BCUT2D eigenvalue weighted by molar-refractivity contribution is -0.114. The summed E-state index contributed by atoms with van der Waals surface area (Å²) in [5.74, 6) is -1.07. The molecule has 8 heteroatoms. The molecule has 6 nitrogen and oxygen atoms in total. The van der Waals surface area contributed by atoms with Crippen LogP contribution in [0.5, 0.6) is 0 Å². The van der Waals surface area contributed by atoms with E-state index in [1.807, 2.05) is 0 Å². The number of hydrogen-bond donors (Lipinski definition) is 2. The Labute approximate surface area is 160 Å². The van der Waals surface area contributed by atoms with Crippen molar-refractivity contribution in [2.24, 2.45) is 0 Å². The second-order valence-corrected chi connectivity index (χ2v) is 6.90. The fourth-order valence-electron chi connectivity index (χ4n) is 2.31. The minimum atomic E-state index is -0.560. The van der Waals surface area contributed by atoms with Crippen LogP contribution in [0, 0.1) is 6.92 Å². The average Bonchev–Trinajstić information content (AvgIpc) is 2.91. The molecule has 0 atom stereocenters. The first-order chi connectivity index (χ1) is 12.3. The first-order valence-corrected chi connectivity index (χ1v) is 9.13. The second-order valence-electron chi connectivity index (χ2n) is 5.45. The quantitative estimate of drug-likeness (QED) is 0.544. The minimum absolute atomic E-state index is 0.00372. The van der Waals surface area contributed by atoms with E-state index in [0.29, 0.717) is 20.5 Å². The fraction of sp³-hybridized carbons (Fsp3) is 0.278. The highest BCUT2D eigenvalue weighted by Crippen LogP contribution is 2.34. The third-order valence-corrected chi connectivity index (χ3v) is 5.06. The van der Waals surface area contributed by atoms with Gasteiger partial charge in [0.05, 0.1) is 23.6 Å². The molecule has 2 rings (SSSR count). The van der Waals surface area contributed by atoms with E-state index in [1.54, 1.807) is 38.1 Å². The Bertz CT molecular complexity index is 830. The molecular weight excluding hydrogens is 376 g/mol. The van der Waals surface area contributed by atoms with Crippen LogP contribution < -0.4 is 10.6 Å². The number of ether oxygens (including phenoxy) is 1. The van der Waals surface area contributed by atoms with Crippen LogP contribution in [0.25, 0.3) is 0 Å². The van der Waals surface area contributed by atoms with Crippen molar-refractivity contribution in [2.75, 3.05) is 23.8 Å². The molecule has 2 aromatic rings. The molecule has 138 valence electrons. The van der Waals surface area contributed by atoms with Gasteiger partial charge in [0, 0.05) is 10.7 Å². The van der Waals surface area contributed by atoms with Gasteiger partial charge in [-0.3, -0.25) is 9.59 Å². The molecule has 1 amide bonds. The number of Topliss-reactive ketones (excluding diaryl/α,β-unsaturated/α-hetero) is 1. The molecule has 1 heterocycles. The third-order valence-electron chi connectivity index (χ3n) is 3.50. The van der Waals surface area contributed by atoms with Crippen molar-refractivity contribution in [3.8, 4) is 0 Å². The van der Waals surface area contributed by atoms with Crippen LogP contribution in [0.4, 0.5) is 10.7 Å². The van der Waals surface area contributed by atoms with Gasteiger partial charge in [0.15, 0.2) is 5.78 Å². The van der Waals surface area contributed by atoms with Crippen molar-refractivity contribution in [3.05, 3.63) is 45.3 Å². The average molecular weight is 395 g/mol. The molecule has 0 fully saturated rings. The predicted octanol–water partition coefficient (Wildman–Crippen LogP) is 4.14. The van der Waals surface area contributed by atoms with Gasteiger partial charge in [-0.15, -0.1) is 11.3 Å². The van der Waals surface area contributed by atoms with Crippen LogP contribution in [-0.2, 0) is 9.53 Å². The number of nitrogens with one attached hydrogen (secondary N) is 2. The number of benzene rings is 1. The largest absolute Gasteiger partial charge is 0.462 e. The van der Waals surface area contributed by atoms with Gasteiger partial charge in [0.25, 0.3) is 0 Å². The summed E-state index contributed by atoms with van der Waals surface area (Å²) in [6, 6.07) is 6.93. The molecule has 0 aliphatic heterocycles. The second kappa shape index (κ2) is 8.82. The molecule has 0 aliphatic rings. The smallest absolute Gasteiger partial charge is 0.341 e. The summed E-state index contributed by atoms with van der Waals surface area (Å²) in [7, 11) is 0. The lowest BCUT2D eigenvalue weighted by Crippen LogP contribution is -2.22. The number of thiophene rings is 1. The fourth-order valence-corrected chi connectivity index (χ4v) is 3.54. The van der Waals surface area contributed by atoms with Crippen molar-refractivity contribution in [1.29, 1.82) is 0 Å². The number of esters is 1. The molecule has 1 aromatic heterocycles. The summed E-state index contributed by atoms with van der Waals surface area (Å²) < 4.78 is 5.04. The summed E-state index contributed by atoms with van der Waals surface area (Å²) in [6.45, 7) is 4.98. The molecular formula is C18H19ClN2O4S. The summed E-state index contributed by atoms with van der Waals surface area (Å²) in [4.78, 5) is 36.6. The van der Waals surface area contributed by atoms with Gasteiger partial charge >= 0.3 is 5.97 Å². The highest BCUT2D eigenvalue weighted by atomic mass is 35.5. The van der Waals surface area contributed by atoms with Crippen LogP contribution in [0.2, 0.25) is 5.02 Å². The molecule has 0 spiro atoms. The number of ketones is 1. The molecule has 0 saturated heterocycles. The monoisotopic (exact) mass is 394 g/mol. The third kappa shape index (κ3) is 4.83. The number of carbonyl (C=O) groups excluding carboxylic acids is 3. The number of amides is 1. The van der Waals surface area contributed by atoms with Crippen LogP contribution in [-0.4, -0.2) is 30.8 Å². The van der Waals surface area contributed by atoms with Gasteiger partial charge in [-0.1, -0.05) is 11.6 Å². The van der Waals surface area contributed by atoms with Crippen LogP contribution in [0.1, 0.15) is 39.4 Å². The normalized spacial score (nSPS) is 10.3. The lowest BCUT2D eigenvalue weighted by atomic mass is 10.1. The van der Waals surface area contributed by atoms with Gasteiger partial charge in [0.2, 0.25) is 5.91 Å². The van der Waals surface area contributed by atoms with E-state index in [9.17, 15) is 14.4 Å². The first-order valence-electron chi connectivity index (χ1n) is 7.94. The van der Waals surface area contributed by atoms with E-state index in [4.69, 9.17) is 16.3 Å². The van der Waals surface area contributed by atoms with Gasteiger partial charge in [-0.2, -0.15) is 0 Å². The molecule has 1 aromatic carbocycles. The van der Waals surface area contributed by atoms with Crippen LogP contribution in [0.3, 0.4) is 0 Å². The van der Waals surface area contributed by atoms with E-state index in [-0.39, 0.29) is 30.4 Å². The van der Waals surface area contributed by atoms with Crippen molar-refractivity contribution in [2.45, 2.75) is 20.8 Å². The zero-order chi connectivity index (χ0) is 19.3. The zero-order valence-electron chi connectivity index (χ0n) is 14.6. The maximum Gasteiger partial charge on any atom is 0.341 e. The molecule has 2 N–H and O–H groups in total. The van der Waals surface area contributed by atoms with E-state index in [0.717, 1.165) is 17.0 Å². The van der Waals surface area contributed by atoms with E-state index in [2.05, 4.69) is 10.6 Å². The Kier molecular flexibility index (Phi) is 6.76. The summed E-state index contributed by atoms with van der Waals surface area (Å²) in [6.07, 6.45) is 0. The lowest BCUT2D eigenvalue weighted by Gasteiger charge is -2.09. The van der Waals surface area contributed by atoms with Crippen molar-refractivity contribution in [1.82, 2.24) is 0 Å². The van der Waals surface area contributed by atoms with Crippen LogP contribution in [0.15, 0.2) is 24.3 Å². The Morgan fingerprint density at radius 2 is 1.85 bits per heavy atom. The van der Waals surface area contributed by atoms with Gasteiger partial charge in [-0.05, 0) is 50.6 Å². The van der Waals surface area contributed by atoms with Crippen molar-refractivity contribution < 1.29 is 19.1 Å². The minimum Gasteiger partial charge on any atom is -0.462 e. The number of anilines is 2. The molecule has 0 unspecified atom stereocenters. The summed E-state index contributed by atoms with van der Waals surface area (Å²) in [5, 5.41) is 6.56. The summed E-state index contributed by atoms with van der Waals surface area (Å²) >= 11 is 6.89. The number of hydrogen-bond acceptors (Lipinski definition) is 6. The Morgan fingerprint density at radius 1 is 1.19 bits per heavy atom. The number of carbonyl (C=O) groups is 3. The van der Waals surface area contributed by atoms with Crippen LogP contribution >= 0.6 is 22.9 Å². The van der Waals surface area contributed by atoms with E-state index < -0.39 is 5.97 Å². The number of rotatable bonds is 7. The van der Waals surface area contributed by atoms with Crippen molar-refractivity contribution in [3.63, 3.8) is 0 Å². The highest BCUT2D eigenvalue weighted by molar-refractivity contribution is 7.18. The first kappa shape index (κ1) is 19.9. The zero-order valence-corrected chi connectivity index (χ0v) is 16.2. The SMILES string of the molecule is CCOC(=O)c1c(NC(=O)CNc2ccc(Cl)cc2)sc(C(C)=O)c1C. The highest BCUT2D eigenvalue weighted by Gasteiger charge is 2.25. The van der Waals surface area contributed by atoms with Gasteiger partial charge in [0.1, 0.15) is 5.00 Å². The van der Waals surface area contributed by atoms with Crippen molar-refractivity contribution >= 4 is 51.3 Å². The predicted molar refractivity (Wildman–Crippen MR) is 104 cm³/mol. The topological polar surface area (TPSA) is 84.5 Å². The molecule has 0 aliphatic carbocycles. The summed E-state index contributed by atoms with van der Waals surface area (Å²) in [5.41, 5.74) is 1.48. The molecule has 0 saturated carbocycles. The molecule has 0 bridgehead atoms. The maximum absolute atomic E-state index is 12.2. The maximum atomic E-state index is 12.2. The standard InChI is InChI=1S/C18H19ClN2O4S/c1-4-25-18(24)15-10(2)16(11(3)22)26-17(15)21-14(23)9-20-13-7-5-12(19)6-8-13/h5-8,20H,4,9H2,1-3H3,(H,21,23). The molecule has 0 radical (unpaired) electrons. The Balaban J connectivity index is 2.15. The van der Waals surface area contributed by atoms with Gasteiger partial charge in [-0.25, -0.2) is 4.79 Å². The van der Waals surface area contributed by atoms with E-state index in [1.165, 1.54) is 6.92 Å². The Morgan fingerprint density at radius 3 is 2.42 bits per heavy atom. The van der Waals surface area contributed by atoms with Gasteiger partial charge < -0.3 is 15.4 Å². The molecule has 26 heavy (non-hydrogen) atoms.